The summed E-state index contributed by atoms with van der Waals surface area (Å²) in [4.78, 5) is 44.0. The highest BCUT2D eigenvalue weighted by molar-refractivity contribution is 5.71. The number of aliphatic hydroxyl groups is 2. The fourth-order valence-electron chi connectivity index (χ4n) is 6.03. The Labute approximate surface area is 272 Å². The van der Waals surface area contributed by atoms with E-state index in [-0.39, 0.29) is 37.1 Å². The largest absolute Gasteiger partial charge is 0.457 e. The monoisotopic (exact) mass is 641 g/mol. The number of rotatable bonds is 5. The van der Waals surface area contributed by atoms with Crippen molar-refractivity contribution >= 4 is 24.2 Å². The predicted octanol–water partition coefficient (Wildman–Crippen LogP) is 4.22. The van der Waals surface area contributed by atoms with Crippen LogP contribution < -0.4 is 0 Å². The summed E-state index contributed by atoms with van der Waals surface area (Å²) in [6.07, 6.45) is 4.67. The number of likely N-dealkylation sites (tertiary alicyclic amines) is 1. The minimum atomic E-state index is -0.859. The molecule has 3 aliphatic heterocycles. The Bertz CT molecular complexity index is 1240. The van der Waals surface area contributed by atoms with E-state index in [0.717, 1.165) is 29.8 Å². The Morgan fingerprint density at radius 2 is 1.63 bits per heavy atom. The molecule has 0 saturated carbocycles. The van der Waals surface area contributed by atoms with E-state index >= 15 is 0 Å². The van der Waals surface area contributed by atoms with Crippen LogP contribution in [0.1, 0.15) is 64.0 Å². The van der Waals surface area contributed by atoms with Crippen LogP contribution in [0.5, 0.6) is 0 Å². The molecule has 0 aliphatic carbocycles. The first kappa shape index (κ1) is 35.4. The number of benzene rings is 1. The third-order valence-corrected chi connectivity index (χ3v) is 9.14. The van der Waals surface area contributed by atoms with E-state index in [1.165, 1.54) is 0 Å². The fraction of sp³-hybridized carbons (Fsp3) is 0.629. The van der Waals surface area contributed by atoms with Gasteiger partial charge in [-0.15, -0.1) is 0 Å². The van der Waals surface area contributed by atoms with Gasteiger partial charge in [0.05, 0.1) is 18.6 Å². The average Bonchev–Trinajstić information content (AvgIpc) is 3.03. The highest BCUT2D eigenvalue weighted by atomic mass is 16.6. The number of hydrogen-bond acceptors (Lipinski definition) is 9. The van der Waals surface area contributed by atoms with Crippen molar-refractivity contribution in [1.82, 2.24) is 14.7 Å². The molecule has 5 atom stereocenters. The van der Waals surface area contributed by atoms with Crippen LogP contribution in [-0.4, -0.2) is 114 Å². The van der Waals surface area contributed by atoms with Crippen molar-refractivity contribution in [2.24, 2.45) is 11.8 Å². The van der Waals surface area contributed by atoms with Gasteiger partial charge in [0.15, 0.2) is 0 Å². The van der Waals surface area contributed by atoms with Gasteiger partial charge >= 0.3 is 18.2 Å². The molecule has 0 aromatic heterocycles. The van der Waals surface area contributed by atoms with Crippen LogP contribution in [0.2, 0.25) is 0 Å². The van der Waals surface area contributed by atoms with Gasteiger partial charge in [-0.1, -0.05) is 44.2 Å². The average molecular weight is 642 g/mol. The van der Waals surface area contributed by atoms with Gasteiger partial charge in [0.25, 0.3) is 0 Å². The topological polar surface area (TPSA) is 129 Å². The van der Waals surface area contributed by atoms with E-state index in [1.54, 1.807) is 9.80 Å². The summed E-state index contributed by atoms with van der Waals surface area (Å²) in [5.74, 6) is -0.776. The summed E-state index contributed by atoms with van der Waals surface area (Å²) < 4.78 is 17.5. The van der Waals surface area contributed by atoms with Crippen molar-refractivity contribution in [3.63, 3.8) is 0 Å². The summed E-state index contributed by atoms with van der Waals surface area (Å²) in [6, 6.07) is 7.62. The van der Waals surface area contributed by atoms with Gasteiger partial charge in [-0.2, -0.15) is 0 Å². The van der Waals surface area contributed by atoms with Crippen molar-refractivity contribution in [2.45, 2.75) is 83.9 Å². The van der Waals surface area contributed by atoms with Crippen molar-refractivity contribution in [3.8, 4) is 0 Å². The van der Waals surface area contributed by atoms with E-state index in [0.29, 0.717) is 51.9 Å². The van der Waals surface area contributed by atoms with Crippen molar-refractivity contribution < 1.29 is 38.8 Å². The van der Waals surface area contributed by atoms with Crippen LogP contribution in [0.25, 0.3) is 6.08 Å². The molecule has 46 heavy (non-hydrogen) atoms. The lowest BCUT2D eigenvalue weighted by atomic mass is 9.91. The lowest BCUT2D eigenvalue weighted by Crippen LogP contribution is -2.48. The van der Waals surface area contributed by atoms with Crippen LogP contribution in [0.3, 0.4) is 0 Å². The zero-order valence-electron chi connectivity index (χ0n) is 27.7. The van der Waals surface area contributed by atoms with E-state index in [4.69, 9.17) is 14.2 Å². The van der Waals surface area contributed by atoms with E-state index < -0.39 is 30.4 Å². The number of amides is 2. The zero-order valence-corrected chi connectivity index (χ0v) is 27.7. The number of piperidine rings is 1. The molecule has 3 aliphatic rings. The van der Waals surface area contributed by atoms with Crippen LogP contribution >= 0.6 is 0 Å². The minimum absolute atomic E-state index is 0.0570. The lowest BCUT2D eigenvalue weighted by Gasteiger charge is -2.33. The number of esters is 1. The first-order chi connectivity index (χ1) is 22.0. The predicted molar refractivity (Wildman–Crippen MR) is 174 cm³/mol. The van der Waals surface area contributed by atoms with Gasteiger partial charge in [-0.05, 0) is 74.4 Å². The highest BCUT2D eigenvalue weighted by Crippen LogP contribution is 2.26. The molecule has 2 N–H and O–H groups in total. The number of nitrogens with zero attached hydrogens (tertiary/aromatic N) is 3. The van der Waals surface area contributed by atoms with E-state index in [2.05, 4.69) is 4.90 Å². The smallest absolute Gasteiger partial charge is 0.410 e. The van der Waals surface area contributed by atoms with Gasteiger partial charge in [0.2, 0.25) is 0 Å². The molecule has 1 aromatic carbocycles. The van der Waals surface area contributed by atoms with Gasteiger partial charge in [0, 0.05) is 45.2 Å². The molecule has 11 heteroatoms. The number of aliphatic hydroxyl groups excluding tert-OH is 2. The molecular formula is C35H51N3O8. The standard InChI is InChI=1S/C35H51N3O8/c1-24-8-10-30(40)22-32(41)46-33(25(2)9-11-31(24)45-35(43)38-18-16-36(4)17-19-38)26(3)20-27-6-5-7-28(21-27)23-44-34(42)37-14-12-29(39)13-15-37/h5-7,9,11,20-21,24-25,29-31,33,39-40H,8,10,12-19,22-23H2,1-4H3/b11-9-,26-20+/t24-,25-,30+,31-,33-/m0/s1. The number of hydrogen-bond donors (Lipinski definition) is 2. The number of ether oxygens (including phenoxy) is 3. The highest BCUT2D eigenvalue weighted by Gasteiger charge is 2.29. The fourth-order valence-corrected chi connectivity index (χ4v) is 6.03. The molecule has 3 heterocycles. The van der Waals surface area contributed by atoms with Crippen LogP contribution in [0, 0.1) is 11.8 Å². The Hall–Kier alpha value is -3.41. The second-order valence-corrected chi connectivity index (χ2v) is 13.1. The first-order valence-electron chi connectivity index (χ1n) is 16.6. The van der Waals surface area contributed by atoms with Crippen molar-refractivity contribution in [3.05, 3.63) is 53.1 Å². The molecule has 2 saturated heterocycles. The van der Waals surface area contributed by atoms with E-state index in [1.807, 2.05) is 70.3 Å². The zero-order chi connectivity index (χ0) is 33.2. The molecule has 2 fully saturated rings. The molecule has 0 spiro atoms. The summed E-state index contributed by atoms with van der Waals surface area (Å²) in [5.41, 5.74) is 2.48. The summed E-state index contributed by atoms with van der Waals surface area (Å²) in [5, 5.41) is 20.3. The third-order valence-electron chi connectivity index (χ3n) is 9.14. The molecule has 0 unspecified atom stereocenters. The molecule has 0 bridgehead atoms. The summed E-state index contributed by atoms with van der Waals surface area (Å²) in [7, 11) is 2.03. The van der Waals surface area contributed by atoms with Crippen molar-refractivity contribution in [1.29, 1.82) is 0 Å². The number of cyclic esters (lactones) is 1. The Kier molecular flexibility index (Phi) is 13.1. The number of carbonyl (C=O) groups excluding carboxylic acids is 3. The van der Waals surface area contributed by atoms with Gasteiger partial charge in [0.1, 0.15) is 18.8 Å². The Balaban J connectivity index is 1.46. The Morgan fingerprint density at radius 3 is 2.35 bits per heavy atom. The SMILES string of the molecule is C/C(=C\c1cccc(COC(=O)N2CCC(O)CC2)c1)[C@H]1OC(=O)C[C@H](O)CC[C@H](C)[C@@H](OC(=O)N2CCN(C)CC2)/C=C\[C@@H]1C. The molecular weight excluding hydrogens is 590 g/mol. The first-order valence-corrected chi connectivity index (χ1v) is 16.6. The molecule has 2 amide bonds. The maximum absolute atomic E-state index is 13.0. The summed E-state index contributed by atoms with van der Waals surface area (Å²) in [6.45, 7) is 9.74. The van der Waals surface area contributed by atoms with Crippen LogP contribution in [0.4, 0.5) is 9.59 Å². The number of carbonyl (C=O) groups is 3. The normalized spacial score (nSPS) is 28.4. The molecule has 0 radical (unpaired) electrons. The minimum Gasteiger partial charge on any atom is -0.457 e. The van der Waals surface area contributed by atoms with Gasteiger partial charge in [-0.25, -0.2) is 9.59 Å². The van der Waals surface area contributed by atoms with E-state index in [9.17, 15) is 24.6 Å². The molecule has 1 aromatic rings. The second kappa shape index (κ2) is 16.9. The van der Waals surface area contributed by atoms with Crippen LogP contribution in [-0.2, 0) is 25.6 Å². The Morgan fingerprint density at radius 1 is 0.935 bits per heavy atom. The third kappa shape index (κ3) is 10.6. The molecule has 4 rings (SSSR count). The maximum atomic E-state index is 13.0. The quantitative estimate of drug-likeness (QED) is 0.276. The molecule has 254 valence electrons. The molecule has 11 nitrogen and oxygen atoms in total. The van der Waals surface area contributed by atoms with Gasteiger partial charge < -0.3 is 39.1 Å². The second-order valence-electron chi connectivity index (χ2n) is 13.1. The van der Waals surface area contributed by atoms with Crippen molar-refractivity contribution in [2.75, 3.05) is 46.3 Å². The number of piperazine rings is 1. The summed E-state index contributed by atoms with van der Waals surface area (Å²) >= 11 is 0. The lowest BCUT2D eigenvalue weighted by molar-refractivity contribution is -0.151. The number of likely N-dealkylation sites (N-methyl/N-ethyl adjacent to an activating group) is 1. The maximum Gasteiger partial charge on any atom is 0.410 e. The van der Waals surface area contributed by atoms with Gasteiger partial charge in [-0.3, -0.25) is 4.79 Å². The van der Waals surface area contributed by atoms with Crippen LogP contribution in [0.15, 0.2) is 42.0 Å².